The summed E-state index contributed by atoms with van der Waals surface area (Å²) in [7, 11) is 0. The number of amides is 1. The molecule has 0 aliphatic rings. The Bertz CT molecular complexity index is 958. The van der Waals surface area contributed by atoms with Gasteiger partial charge in [0, 0.05) is 17.1 Å². The van der Waals surface area contributed by atoms with E-state index in [1.807, 2.05) is 48.5 Å². The lowest BCUT2D eigenvalue weighted by Crippen LogP contribution is -2.28. The number of carbonyl (C=O) groups is 2. The number of carbonyl (C=O) groups excluding carboxylic acids is 2. The molecule has 0 aromatic heterocycles. The Hall–Kier alpha value is -3.31. The van der Waals surface area contributed by atoms with E-state index in [0.29, 0.717) is 28.4 Å². The fourth-order valence-electron chi connectivity index (χ4n) is 2.59. The monoisotopic (exact) mass is 409 g/mol. The van der Waals surface area contributed by atoms with Gasteiger partial charge in [-0.05, 0) is 35.9 Å². The zero-order chi connectivity index (χ0) is 20.5. The van der Waals surface area contributed by atoms with Crippen LogP contribution in [-0.4, -0.2) is 18.5 Å². The number of ether oxygens (including phenoxy) is 2. The van der Waals surface area contributed by atoms with E-state index in [2.05, 4.69) is 5.32 Å². The highest BCUT2D eigenvalue weighted by molar-refractivity contribution is 6.30. The van der Waals surface area contributed by atoms with Crippen molar-refractivity contribution in [3.05, 3.63) is 101 Å². The minimum Gasteiger partial charge on any atom is -0.489 e. The predicted molar refractivity (Wildman–Crippen MR) is 111 cm³/mol. The second-order valence-electron chi connectivity index (χ2n) is 6.24. The van der Waals surface area contributed by atoms with Gasteiger partial charge in [0.2, 0.25) is 0 Å². The highest BCUT2D eigenvalue weighted by atomic mass is 35.5. The molecule has 0 atom stereocenters. The van der Waals surface area contributed by atoms with Crippen molar-refractivity contribution in [2.75, 3.05) is 6.61 Å². The van der Waals surface area contributed by atoms with Gasteiger partial charge in [0.15, 0.2) is 6.61 Å². The van der Waals surface area contributed by atoms with E-state index in [1.54, 1.807) is 30.3 Å². The van der Waals surface area contributed by atoms with E-state index in [0.717, 1.165) is 5.56 Å². The van der Waals surface area contributed by atoms with E-state index >= 15 is 0 Å². The fourth-order valence-corrected chi connectivity index (χ4v) is 2.71. The van der Waals surface area contributed by atoms with Crippen LogP contribution in [0.2, 0.25) is 5.02 Å². The summed E-state index contributed by atoms with van der Waals surface area (Å²) in [6.07, 6.45) is 0. The SMILES string of the molecule is O=C(COC(=O)c1ccccc1COc1ccccc1)NCc1ccc(Cl)cc1. The van der Waals surface area contributed by atoms with Crippen LogP contribution >= 0.6 is 11.6 Å². The molecule has 0 heterocycles. The zero-order valence-corrected chi connectivity index (χ0v) is 16.4. The molecule has 0 saturated carbocycles. The zero-order valence-electron chi connectivity index (χ0n) is 15.6. The van der Waals surface area contributed by atoms with Gasteiger partial charge in [-0.25, -0.2) is 4.79 Å². The lowest BCUT2D eigenvalue weighted by atomic mass is 10.1. The van der Waals surface area contributed by atoms with Gasteiger partial charge in [-0.2, -0.15) is 0 Å². The summed E-state index contributed by atoms with van der Waals surface area (Å²) in [5.74, 6) is -0.248. The summed E-state index contributed by atoms with van der Waals surface area (Å²) >= 11 is 5.83. The van der Waals surface area contributed by atoms with Crippen LogP contribution < -0.4 is 10.1 Å². The molecule has 0 aliphatic carbocycles. The lowest BCUT2D eigenvalue weighted by Gasteiger charge is -2.11. The van der Waals surface area contributed by atoms with Crippen LogP contribution in [0.3, 0.4) is 0 Å². The van der Waals surface area contributed by atoms with E-state index in [1.165, 1.54) is 0 Å². The summed E-state index contributed by atoms with van der Waals surface area (Å²) in [4.78, 5) is 24.4. The number of esters is 1. The minimum atomic E-state index is -0.570. The van der Waals surface area contributed by atoms with Crippen molar-refractivity contribution in [1.29, 1.82) is 0 Å². The second-order valence-corrected chi connectivity index (χ2v) is 6.67. The van der Waals surface area contributed by atoms with Crippen LogP contribution in [-0.2, 0) is 22.7 Å². The van der Waals surface area contributed by atoms with Crippen molar-refractivity contribution in [2.24, 2.45) is 0 Å². The summed E-state index contributed by atoms with van der Waals surface area (Å²) in [6.45, 7) is 0.188. The Morgan fingerprint density at radius 2 is 1.55 bits per heavy atom. The molecule has 0 spiro atoms. The van der Waals surface area contributed by atoms with Gasteiger partial charge in [-0.3, -0.25) is 4.79 Å². The molecule has 3 rings (SSSR count). The van der Waals surface area contributed by atoms with E-state index in [-0.39, 0.29) is 19.1 Å². The molecule has 0 radical (unpaired) electrons. The number of hydrogen-bond acceptors (Lipinski definition) is 4. The molecule has 29 heavy (non-hydrogen) atoms. The summed E-state index contributed by atoms with van der Waals surface area (Å²) in [6, 6.07) is 23.5. The first-order chi connectivity index (χ1) is 14.1. The Kier molecular flexibility index (Phi) is 7.25. The van der Waals surface area contributed by atoms with Crippen LogP contribution in [0.5, 0.6) is 5.75 Å². The first kappa shape index (κ1) is 20.4. The van der Waals surface area contributed by atoms with Gasteiger partial charge in [-0.15, -0.1) is 0 Å². The Morgan fingerprint density at radius 1 is 0.862 bits per heavy atom. The largest absolute Gasteiger partial charge is 0.489 e. The van der Waals surface area contributed by atoms with Crippen LogP contribution in [0.4, 0.5) is 0 Å². The number of nitrogens with one attached hydrogen (secondary N) is 1. The van der Waals surface area contributed by atoms with E-state index in [4.69, 9.17) is 21.1 Å². The maximum Gasteiger partial charge on any atom is 0.339 e. The predicted octanol–water partition coefficient (Wildman–Crippen LogP) is 4.39. The highest BCUT2D eigenvalue weighted by Crippen LogP contribution is 2.15. The normalized spacial score (nSPS) is 10.2. The first-order valence-electron chi connectivity index (χ1n) is 9.06. The third-order valence-electron chi connectivity index (χ3n) is 4.11. The van der Waals surface area contributed by atoms with Crippen LogP contribution in [0, 0.1) is 0 Å². The van der Waals surface area contributed by atoms with E-state index in [9.17, 15) is 9.59 Å². The molecule has 0 bridgehead atoms. The van der Waals surface area contributed by atoms with Crippen molar-refractivity contribution in [1.82, 2.24) is 5.32 Å². The third kappa shape index (κ3) is 6.36. The maximum absolute atomic E-state index is 12.4. The number of halogens is 1. The molecule has 3 aromatic rings. The van der Waals surface area contributed by atoms with Crippen molar-refractivity contribution in [3.8, 4) is 5.75 Å². The van der Waals surface area contributed by atoms with Crippen molar-refractivity contribution >= 4 is 23.5 Å². The van der Waals surface area contributed by atoms with Gasteiger partial charge in [0.05, 0.1) is 5.56 Å². The molecule has 0 saturated heterocycles. The molecule has 0 aliphatic heterocycles. The maximum atomic E-state index is 12.4. The van der Waals surface area contributed by atoms with Crippen molar-refractivity contribution < 1.29 is 19.1 Å². The molecule has 1 N–H and O–H groups in total. The summed E-state index contributed by atoms with van der Waals surface area (Å²) in [5, 5.41) is 3.33. The molecule has 0 unspecified atom stereocenters. The van der Waals surface area contributed by atoms with Crippen LogP contribution in [0.15, 0.2) is 78.9 Å². The van der Waals surface area contributed by atoms with Gasteiger partial charge in [0.25, 0.3) is 5.91 Å². The summed E-state index contributed by atoms with van der Waals surface area (Å²) < 4.78 is 10.9. The molecule has 5 nitrogen and oxygen atoms in total. The number of rotatable bonds is 8. The molecule has 148 valence electrons. The van der Waals surface area contributed by atoms with Gasteiger partial charge in [0.1, 0.15) is 12.4 Å². The topological polar surface area (TPSA) is 64.6 Å². The molecule has 0 fully saturated rings. The summed E-state index contributed by atoms with van der Waals surface area (Å²) in [5.41, 5.74) is 1.95. The Morgan fingerprint density at radius 3 is 2.31 bits per heavy atom. The molecular weight excluding hydrogens is 390 g/mol. The Labute approximate surface area is 174 Å². The van der Waals surface area contributed by atoms with E-state index < -0.39 is 5.97 Å². The smallest absolute Gasteiger partial charge is 0.339 e. The molecule has 3 aromatic carbocycles. The fraction of sp³-hybridized carbons (Fsp3) is 0.130. The molecule has 6 heteroatoms. The third-order valence-corrected chi connectivity index (χ3v) is 4.36. The van der Waals surface area contributed by atoms with Gasteiger partial charge in [-0.1, -0.05) is 60.1 Å². The van der Waals surface area contributed by atoms with Crippen molar-refractivity contribution in [2.45, 2.75) is 13.2 Å². The van der Waals surface area contributed by atoms with Gasteiger partial charge < -0.3 is 14.8 Å². The molecular formula is C23H20ClNO4. The minimum absolute atomic E-state index is 0.220. The van der Waals surface area contributed by atoms with Crippen LogP contribution in [0.1, 0.15) is 21.5 Å². The Balaban J connectivity index is 1.51. The quantitative estimate of drug-likeness (QED) is 0.560. The lowest BCUT2D eigenvalue weighted by molar-refractivity contribution is -0.124. The highest BCUT2D eigenvalue weighted by Gasteiger charge is 2.14. The second kappa shape index (κ2) is 10.3. The average molecular weight is 410 g/mol. The average Bonchev–Trinajstić information content (AvgIpc) is 2.76. The number of hydrogen-bond donors (Lipinski definition) is 1. The van der Waals surface area contributed by atoms with Crippen LogP contribution in [0.25, 0.3) is 0 Å². The van der Waals surface area contributed by atoms with Crippen molar-refractivity contribution in [3.63, 3.8) is 0 Å². The number of para-hydroxylation sites is 1. The first-order valence-corrected chi connectivity index (χ1v) is 9.43. The standard InChI is InChI=1S/C23H20ClNO4/c24-19-12-10-17(11-13-19)14-25-22(26)16-29-23(27)21-9-5-4-6-18(21)15-28-20-7-2-1-3-8-20/h1-13H,14-16H2,(H,25,26). The molecule has 1 amide bonds. The van der Waals surface area contributed by atoms with Gasteiger partial charge >= 0.3 is 5.97 Å². The number of benzene rings is 3.